The fourth-order valence-corrected chi connectivity index (χ4v) is 5.27. The van der Waals surface area contributed by atoms with Crippen LogP contribution >= 0.6 is 0 Å². The van der Waals surface area contributed by atoms with Crippen LogP contribution in [-0.4, -0.2) is 54.6 Å². The number of benzene rings is 3. The molecule has 1 saturated heterocycles. The molecule has 1 aliphatic rings. The van der Waals surface area contributed by atoms with Crippen LogP contribution in [0.1, 0.15) is 5.56 Å². The summed E-state index contributed by atoms with van der Waals surface area (Å²) in [6.07, 6.45) is 2.78. The number of aromatic nitrogens is 2. The maximum Gasteiger partial charge on any atom is 0.263 e. The van der Waals surface area contributed by atoms with Gasteiger partial charge in [-0.15, -0.1) is 0 Å². The molecular weight excluding hydrogens is 450 g/mol. The van der Waals surface area contributed by atoms with E-state index >= 15 is 0 Å². The van der Waals surface area contributed by atoms with E-state index in [4.69, 9.17) is 0 Å². The van der Waals surface area contributed by atoms with Gasteiger partial charge in [0.25, 0.3) is 10.0 Å². The van der Waals surface area contributed by atoms with Gasteiger partial charge in [0.1, 0.15) is 17.9 Å². The SMILES string of the molecule is O=S(=O)(Nc1ccncn1)c1ccc(N2CCN(Cc3c(O)ccc4ccccc34)CC2)cc1. The van der Waals surface area contributed by atoms with Crippen molar-refractivity contribution >= 4 is 32.3 Å². The lowest BCUT2D eigenvalue weighted by Crippen LogP contribution is -2.46. The van der Waals surface area contributed by atoms with E-state index in [9.17, 15) is 13.5 Å². The summed E-state index contributed by atoms with van der Waals surface area (Å²) in [4.78, 5) is 12.5. The Labute approximate surface area is 198 Å². The number of phenolic OH excluding ortho intramolecular Hbond substituents is 1. The van der Waals surface area contributed by atoms with Gasteiger partial charge >= 0.3 is 0 Å². The Balaban J connectivity index is 1.23. The van der Waals surface area contributed by atoms with Gasteiger partial charge in [-0.25, -0.2) is 18.4 Å². The molecule has 0 saturated carbocycles. The van der Waals surface area contributed by atoms with Crippen molar-refractivity contribution in [1.29, 1.82) is 0 Å². The lowest BCUT2D eigenvalue weighted by molar-refractivity contribution is 0.247. The number of aromatic hydroxyl groups is 1. The average molecular weight is 476 g/mol. The molecular formula is C25H25N5O3S. The molecule has 2 N–H and O–H groups in total. The Morgan fingerprint density at radius 2 is 1.68 bits per heavy atom. The minimum absolute atomic E-state index is 0.180. The first-order chi connectivity index (χ1) is 16.5. The van der Waals surface area contributed by atoms with Crippen molar-refractivity contribution in [1.82, 2.24) is 14.9 Å². The van der Waals surface area contributed by atoms with Crippen molar-refractivity contribution < 1.29 is 13.5 Å². The summed E-state index contributed by atoms with van der Waals surface area (Å²) in [5.41, 5.74) is 1.94. The van der Waals surface area contributed by atoms with Gasteiger partial charge in [0.05, 0.1) is 4.90 Å². The standard InChI is InChI=1S/C25H25N5O3S/c31-24-10-5-19-3-1-2-4-22(19)23(24)17-29-13-15-30(16-14-29)20-6-8-21(9-7-20)34(32,33)28-25-11-12-26-18-27-25/h1-12,18,31H,13-17H2,(H,26,27,28). The molecule has 1 fully saturated rings. The van der Waals surface area contributed by atoms with Gasteiger partial charge in [0.2, 0.25) is 0 Å². The maximum atomic E-state index is 12.6. The van der Waals surface area contributed by atoms with E-state index in [0.717, 1.165) is 48.2 Å². The summed E-state index contributed by atoms with van der Waals surface area (Å²) in [5, 5.41) is 12.7. The average Bonchev–Trinajstić information content (AvgIpc) is 2.87. The summed E-state index contributed by atoms with van der Waals surface area (Å²) in [6, 6.07) is 20.2. The Morgan fingerprint density at radius 1 is 0.912 bits per heavy atom. The molecule has 0 aliphatic carbocycles. The summed E-state index contributed by atoms with van der Waals surface area (Å²) in [7, 11) is -3.72. The molecule has 1 aromatic heterocycles. The summed E-state index contributed by atoms with van der Waals surface area (Å²) < 4.78 is 27.7. The van der Waals surface area contributed by atoms with Gasteiger partial charge in [-0.3, -0.25) is 9.62 Å². The zero-order valence-corrected chi connectivity index (χ0v) is 19.3. The van der Waals surface area contributed by atoms with Crippen molar-refractivity contribution in [2.24, 2.45) is 0 Å². The fourth-order valence-electron chi connectivity index (χ4n) is 4.26. The number of sulfonamides is 1. The molecule has 174 valence electrons. The van der Waals surface area contributed by atoms with E-state index in [-0.39, 0.29) is 10.7 Å². The number of hydrogen-bond donors (Lipinski definition) is 2. The summed E-state index contributed by atoms with van der Waals surface area (Å²) in [5.74, 6) is 0.556. The van der Waals surface area contributed by atoms with E-state index in [2.05, 4.69) is 36.6 Å². The van der Waals surface area contributed by atoms with Gasteiger partial charge in [0, 0.05) is 50.2 Å². The lowest BCUT2D eigenvalue weighted by Gasteiger charge is -2.36. The second kappa shape index (κ2) is 9.28. The number of anilines is 2. The third-order valence-corrected chi connectivity index (χ3v) is 7.47. The van der Waals surface area contributed by atoms with Crippen LogP contribution in [0.25, 0.3) is 10.8 Å². The molecule has 2 heterocycles. The second-order valence-electron chi connectivity index (χ2n) is 8.24. The Hall–Kier alpha value is -3.69. The van der Waals surface area contributed by atoms with Crippen molar-refractivity contribution in [3.63, 3.8) is 0 Å². The molecule has 9 heteroatoms. The van der Waals surface area contributed by atoms with Gasteiger partial charge in [-0.1, -0.05) is 30.3 Å². The molecule has 34 heavy (non-hydrogen) atoms. The molecule has 5 rings (SSSR count). The van der Waals surface area contributed by atoms with Gasteiger partial charge < -0.3 is 10.0 Å². The topological polar surface area (TPSA) is 98.7 Å². The Morgan fingerprint density at radius 3 is 2.41 bits per heavy atom. The quantitative estimate of drug-likeness (QED) is 0.441. The molecule has 8 nitrogen and oxygen atoms in total. The van der Waals surface area contributed by atoms with E-state index in [1.165, 1.54) is 18.6 Å². The predicted molar refractivity (Wildman–Crippen MR) is 132 cm³/mol. The zero-order valence-electron chi connectivity index (χ0n) is 18.5. The molecule has 0 atom stereocenters. The summed E-state index contributed by atoms with van der Waals surface area (Å²) in [6.45, 7) is 4.01. The number of phenols is 1. The Bertz CT molecular complexity index is 1390. The van der Waals surface area contributed by atoms with Crippen LogP contribution in [0.4, 0.5) is 11.5 Å². The molecule has 1 aliphatic heterocycles. The van der Waals surface area contributed by atoms with E-state index in [1.807, 2.05) is 30.3 Å². The van der Waals surface area contributed by atoms with Crippen LogP contribution in [0.5, 0.6) is 5.75 Å². The highest BCUT2D eigenvalue weighted by Crippen LogP contribution is 2.29. The number of rotatable bonds is 6. The van der Waals surface area contributed by atoms with Crippen LogP contribution in [0.15, 0.2) is 84.1 Å². The van der Waals surface area contributed by atoms with Crippen molar-refractivity contribution in [2.45, 2.75) is 11.4 Å². The predicted octanol–water partition coefficient (Wildman–Crippen LogP) is 3.46. The highest BCUT2D eigenvalue weighted by molar-refractivity contribution is 7.92. The third-order valence-electron chi connectivity index (χ3n) is 6.10. The first-order valence-corrected chi connectivity index (χ1v) is 12.5. The normalized spacial score (nSPS) is 14.9. The highest BCUT2D eigenvalue weighted by atomic mass is 32.2. The molecule has 0 amide bonds. The van der Waals surface area contributed by atoms with Crippen LogP contribution in [-0.2, 0) is 16.6 Å². The van der Waals surface area contributed by atoms with Crippen LogP contribution in [0, 0.1) is 0 Å². The molecule has 3 aromatic carbocycles. The van der Waals surface area contributed by atoms with Gasteiger partial charge in [-0.2, -0.15) is 0 Å². The zero-order chi connectivity index (χ0) is 23.5. The lowest BCUT2D eigenvalue weighted by atomic mass is 10.0. The monoisotopic (exact) mass is 475 g/mol. The van der Waals surface area contributed by atoms with E-state index in [0.29, 0.717) is 12.3 Å². The van der Waals surface area contributed by atoms with Gasteiger partial charge in [-0.05, 0) is 47.2 Å². The van der Waals surface area contributed by atoms with Crippen LogP contribution in [0.3, 0.4) is 0 Å². The smallest absolute Gasteiger partial charge is 0.263 e. The largest absolute Gasteiger partial charge is 0.508 e. The fraction of sp³-hybridized carbons (Fsp3) is 0.200. The Kier molecular flexibility index (Phi) is 6.04. The molecule has 4 aromatic rings. The molecule has 0 radical (unpaired) electrons. The number of fused-ring (bicyclic) bond motifs is 1. The van der Waals surface area contributed by atoms with Crippen molar-refractivity contribution in [2.75, 3.05) is 35.8 Å². The van der Waals surface area contributed by atoms with E-state index < -0.39 is 10.0 Å². The first kappa shape index (κ1) is 22.1. The first-order valence-electron chi connectivity index (χ1n) is 11.1. The number of hydrogen-bond acceptors (Lipinski definition) is 7. The molecule has 0 spiro atoms. The van der Waals surface area contributed by atoms with Gasteiger partial charge in [0.15, 0.2) is 0 Å². The van der Waals surface area contributed by atoms with Crippen molar-refractivity contribution in [3.05, 3.63) is 84.8 Å². The number of nitrogens with zero attached hydrogens (tertiary/aromatic N) is 4. The molecule has 0 unspecified atom stereocenters. The van der Waals surface area contributed by atoms with Crippen molar-refractivity contribution in [3.8, 4) is 5.75 Å². The minimum Gasteiger partial charge on any atom is -0.508 e. The van der Waals surface area contributed by atoms with Crippen LogP contribution < -0.4 is 9.62 Å². The second-order valence-corrected chi connectivity index (χ2v) is 9.92. The van der Waals surface area contributed by atoms with Crippen LogP contribution in [0.2, 0.25) is 0 Å². The minimum atomic E-state index is -3.72. The maximum absolute atomic E-state index is 12.6. The third kappa shape index (κ3) is 4.66. The van der Waals surface area contributed by atoms with E-state index in [1.54, 1.807) is 18.2 Å². The summed E-state index contributed by atoms with van der Waals surface area (Å²) >= 11 is 0. The molecule has 0 bridgehead atoms. The number of piperazine rings is 1. The number of nitrogens with one attached hydrogen (secondary N) is 1. The highest BCUT2D eigenvalue weighted by Gasteiger charge is 2.21.